The first-order valence-electron chi connectivity index (χ1n) is 7.41. The van der Waals surface area contributed by atoms with Gasteiger partial charge in [-0.2, -0.15) is 0 Å². The molecule has 1 aliphatic heterocycles. The van der Waals surface area contributed by atoms with Crippen LogP contribution in [0.1, 0.15) is 51.0 Å². The van der Waals surface area contributed by atoms with Crippen molar-refractivity contribution in [2.24, 2.45) is 0 Å². The number of amides is 1. The first kappa shape index (κ1) is 14.6. The van der Waals surface area contributed by atoms with Gasteiger partial charge in [-0.3, -0.25) is 4.79 Å². The van der Waals surface area contributed by atoms with Crippen LogP contribution in [0.15, 0.2) is 17.5 Å². The SMILES string of the molecule is CC1(C)CC(NC(=O)c2cc3sccc3[nH]2)CC(C)(C)N1. The number of hydrogen-bond acceptors (Lipinski definition) is 3. The molecule has 3 N–H and O–H groups in total. The van der Waals surface area contributed by atoms with E-state index < -0.39 is 0 Å². The summed E-state index contributed by atoms with van der Waals surface area (Å²) in [6.07, 6.45) is 1.88. The maximum absolute atomic E-state index is 12.4. The minimum atomic E-state index is -0.00287. The van der Waals surface area contributed by atoms with Crippen LogP contribution in [-0.2, 0) is 0 Å². The van der Waals surface area contributed by atoms with Crippen LogP contribution in [0.25, 0.3) is 10.2 Å². The number of hydrogen-bond donors (Lipinski definition) is 3. The Bertz CT molecular complexity index is 623. The summed E-state index contributed by atoms with van der Waals surface area (Å²) >= 11 is 1.65. The summed E-state index contributed by atoms with van der Waals surface area (Å²) in [6, 6.07) is 4.14. The van der Waals surface area contributed by atoms with Gasteiger partial charge in [-0.05, 0) is 58.0 Å². The van der Waals surface area contributed by atoms with Crippen molar-refractivity contribution < 1.29 is 4.79 Å². The lowest BCUT2D eigenvalue weighted by atomic mass is 9.79. The number of carbonyl (C=O) groups excluding carboxylic acids is 1. The Morgan fingerprint density at radius 3 is 2.57 bits per heavy atom. The van der Waals surface area contributed by atoms with Crippen molar-refractivity contribution in [3.8, 4) is 0 Å². The topological polar surface area (TPSA) is 56.9 Å². The third-order valence-corrected chi connectivity index (χ3v) is 4.87. The Morgan fingerprint density at radius 1 is 1.29 bits per heavy atom. The Kier molecular flexibility index (Phi) is 3.37. The van der Waals surface area contributed by atoms with Gasteiger partial charge in [-0.15, -0.1) is 11.3 Å². The lowest BCUT2D eigenvalue weighted by Gasteiger charge is -2.46. The van der Waals surface area contributed by atoms with E-state index in [1.54, 1.807) is 11.3 Å². The van der Waals surface area contributed by atoms with Gasteiger partial charge in [0.1, 0.15) is 5.69 Å². The van der Waals surface area contributed by atoms with Gasteiger partial charge in [0.2, 0.25) is 0 Å². The molecule has 0 radical (unpaired) electrons. The predicted molar refractivity (Wildman–Crippen MR) is 88.0 cm³/mol. The third-order valence-electron chi connectivity index (χ3n) is 4.01. The zero-order valence-electron chi connectivity index (χ0n) is 13.0. The van der Waals surface area contributed by atoms with Crippen LogP contribution in [0.2, 0.25) is 0 Å². The monoisotopic (exact) mass is 305 g/mol. The number of rotatable bonds is 2. The fraction of sp³-hybridized carbons (Fsp3) is 0.562. The summed E-state index contributed by atoms with van der Waals surface area (Å²) in [5.41, 5.74) is 1.77. The van der Waals surface area contributed by atoms with Gasteiger partial charge < -0.3 is 15.6 Å². The van der Waals surface area contributed by atoms with E-state index in [0.29, 0.717) is 5.69 Å². The van der Waals surface area contributed by atoms with Crippen molar-refractivity contribution in [1.29, 1.82) is 0 Å². The molecule has 0 saturated carbocycles. The van der Waals surface area contributed by atoms with Crippen LogP contribution in [0.3, 0.4) is 0 Å². The van der Waals surface area contributed by atoms with Gasteiger partial charge in [0.05, 0.1) is 10.2 Å². The predicted octanol–water partition coefficient (Wildman–Crippen LogP) is 3.27. The van der Waals surface area contributed by atoms with Gasteiger partial charge in [-0.25, -0.2) is 0 Å². The number of piperidine rings is 1. The molecule has 1 aliphatic rings. The number of aromatic nitrogens is 1. The molecule has 0 unspecified atom stereocenters. The molecule has 2 aromatic rings. The van der Waals surface area contributed by atoms with Gasteiger partial charge in [0.25, 0.3) is 5.91 Å². The number of H-pyrrole nitrogens is 1. The van der Waals surface area contributed by atoms with E-state index in [2.05, 4.69) is 43.3 Å². The molecule has 0 atom stereocenters. The third kappa shape index (κ3) is 3.14. The standard InChI is InChI=1S/C16H23N3OS/c1-15(2)8-10(9-16(3,4)19-15)17-14(20)12-7-13-11(18-12)5-6-21-13/h5-7,10,18-19H,8-9H2,1-4H3,(H,17,20). The molecular weight excluding hydrogens is 282 g/mol. The molecule has 4 nitrogen and oxygen atoms in total. The van der Waals surface area contributed by atoms with Gasteiger partial charge in [0.15, 0.2) is 0 Å². The summed E-state index contributed by atoms with van der Waals surface area (Å²) in [5, 5.41) is 8.85. The molecule has 114 valence electrons. The summed E-state index contributed by atoms with van der Waals surface area (Å²) in [4.78, 5) is 15.6. The molecule has 1 fully saturated rings. The Labute approximate surface area is 129 Å². The highest BCUT2D eigenvalue weighted by Crippen LogP contribution is 2.29. The molecule has 3 heterocycles. The first-order valence-corrected chi connectivity index (χ1v) is 8.29. The first-order chi connectivity index (χ1) is 9.74. The number of nitrogens with one attached hydrogen (secondary N) is 3. The molecular formula is C16H23N3OS. The second-order valence-corrected chi connectivity index (χ2v) is 8.30. The lowest BCUT2D eigenvalue weighted by Crippen LogP contribution is -2.62. The van der Waals surface area contributed by atoms with Gasteiger partial charge in [0, 0.05) is 17.1 Å². The summed E-state index contributed by atoms with van der Waals surface area (Å²) in [5.74, 6) is -0.00287. The highest BCUT2D eigenvalue weighted by Gasteiger charge is 2.38. The maximum atomic E-state index is 12.4. The van der Waals surface area contributed by atoms with Crippen molar-refractivity contribution in [2.45, 2.75) is 57.7 Å². The fourth-order valence-electron chi connectivity index (χ4n) is 3.66. The highest BCUT2D eigenvalue weighted by atomic mass is 32.1. The van der Waals surface area contributed by atoms with Gasteiger partial charge in [-0.1, -0.05) is 0 Å². The minimum Gasteiger partial charge on any atom is -0.350 e. The Balaban J connectivity index is 1.73. The molecule has 0 bridgehead atoms. The molecule has 3 rings (SSSR count). The summed E-state index contributed by atoms with van der Waals surface area (Å²) < 4.78 is 1.13. The minimum absolute atomic E-state index is 0.00287. The number of aromatic amines is 1. The molecule has 0 aromatic carbocycles. The molecule has 0 aliphatic carbocycles. The second kappa shape index (κ2) is 4.85. The molecule has 2 aromatic heterocycles. The number of carbonyl (C=O) groups is 1. The van der Waals surface area contributed by atoms with Crippen LogP contribution in [0.4, 0.5) is 0 Å². The van der Waals surface area contributed by atoms with Crippen molar-refractivity contribution >= 4 is 27.5 Å². The molecule has 21 heavy (non-hydrogen) atoms. The van der Waals surface area contributed by atoms with Crippen LogP contribution >= 0.6 is 11.3 Å². The fourth-order valence-corrected chi connectivity index (χ4v) is 4.44. The summed E-state index contributed by atoms with van der Waals surface area (Å²) in [7, 11) is 0. The quantitative estimate of drug-likeness (QED) is 0.797. The van der Waals surface area contributed by atoms with Crippen molar-refractivity contribution in [2.75, 3.05) is 0 Å². The van der Waals surface area contributed by atoms with E-state index in [9.17, 15) is 4.79 Å². The van der Waals surface area contributed by atoms with Crippen molar-refractivity contribution in [1.82, 2.24) is 15.6 Å². The smallest absolute Gasteiger partial charge is 0.267 e. The van der Waals surface area contributed by atoms with Crippen molar-refractivity contribution in [3.05, 3.63) is 23.2 Å². The highest BCUT2D eigenvalue weighted by molar-refractivity contribution is 7.17. The second-order valence-electron chi connectivity index (χ2n) is 7.35. The van der Waals surface area contributed by atoms with E-state index in [1.807, 2.05) is 17.5 Å². The van der Waals surface area contributed by atoms with E-state index in [0.717, 1.165) is 23.1 Å². The number of thiophene rings is 1. The van der Waals surface area contributed by atoms with Crippen LogP contribution in [0, 0.1) is 0 Å². The normalized spacial score (nSPS) is 21.5. The Hall–Kier alpha value is -1.33. The average molecular weight is 305 g/mol. The number of fused-ring (bicyclic) bond motifs is 1. The largest absolute Gasteiger partial charge is 0.350 e. The van der Waals surface area contributed by atoms with E-state index in [4.69, 9.17) is 0 Å². The molecule has 5 heteroatoms. The van der Waals surface area contributed by atoms with Crippen LogP contribution < -0.4 is 10.6 Å². The molecule has 1 amide bonds. The van der Waals surface area contributed by atoms with E-state index in [-0.39, 0.29) is 23.0 Å². The van der Waals surface area contributed by atoms with E-state index >= 15 is 0 Å². The zero-order valence-corrected chi connectivity index (χ0v) is 13.9. The summed E-state index contributed by atoms with van der Waals surface area (Å²) in [6.45, 7) is 8.77. The maximum Gasteiger partial charge on any atom is 0.267 e. The Morgan fingerprint density at radius 2 is 1.95 bits per heavy atom. The van der Waals surface area contributed by atoms with E-state index in [1.165, 1.54) is 0 Å². The average Bonchev–Trinajstić information content (AvgIpc) is 2.82. The lowest BCUT2D eigenvalue weighted by molar-refractivity contribution is 0.0869. The molecule has 1 saturated heterocycles. The van der Waals surface area contributed by atoms with Crippen molar-refractivity contribution in [3.63, 3.8) is 0 Å². The van der Waals surface area contributed by atoms with Crippen LogP contribution in [-0.4, -0.2) is 28.0 Å². The molecule has 0 spiro atoms. The van der Waals surface area contributed by atoms with Gasteiger partial charge >= 0.3 is 0 Å². The van der Waals surface area contributed by atoms with Crippen LogP contribution in [0.5, 0.6) is 0 Å². The zero-order chi connectivity index (χ0) is 15.3.